The van der Waals surface area contributed by atoms with Gasteiger partial charge in [0.1, 0.15) is 0 Å². The van der Waals surface area contributed by atoms with Crippen LogP contribution in [0.15, 0.2) is 18.2 Å². The summed E-state index contributed by atoms with van der Waals surface area (Å²) < 4.78 is 1.89. The Balaban J connectivity index is 1.73. The van der Waals surface area contributed by atoms with Gasteiger partial charge >= 0.3 is 0 Å². The first-order valence-electron chi connectivity index (χ1n) is 6.79. The highest BCUT2D eigenvalue weighted by Crippen LogP contribution is 2.49. The van der Waals surface area contributed by atoms with Crippen LogP contribution in [-0.2, 0) is 0 Å². The molecule has 0 atom stereocenters. The fourth-order valence-electron chi connectivity index (χ4n) is 2.60. The Hall–Kier alpha value is -1.58. The van der Waals surface area contributed by atoms with Crippen molar-refractivity contribution in [3.63, 3.8) is 0 Å². The van der Waals surface area contributed by atoms with E-state index in [-0.39, 0.29) is 0 Å². The molecular weight excluding hydrogens is 224 g/mol. The lowest BCUT2D eigenvalue weighted by molar-refractivity contribution is 0.484. The lowest BCUT2D eigenvalue weighted by atomic mass is 10.0. The predicted octanol–water partition coefficient (Wildman–Crippen LogP) is 3.03. The van der Waals surface area contributed by atoms with Crippen LogP contribution in [0.4, 0.5) is 5.95 Å². The van der Waals surface area contributed by atoms with Crippen molar-refractivity contribution in [1.29, 1.82) is 0 Å². The highest BCUT2D eigenvalue weighted by atomic mass is 15.4. The first-order valence-corrected chi connectivity index (χ1v) is 6.79. The number of nitrogens with zero attached hydrogens (tertiary/aromatic N) is 3. The average molecular weight is 244 g/mol. The zero-order valence-electron chi connectivity index (χ0n) is 11.1. The van der Waals surface area contributed by atoms with E-state index in [1.807, 2.05) is 29.6 Å². The number of aromatic nitrogens is 3. The van der Waals surface area contributed by atoms with Gasteiger partial charge in [-0.05, 0) is 43.7 Å². The zero-order chi connectivity index (χ0) is 12.6. The Labute approximate surface area is 107 Å². The predicted molar refractivity (Wildman–Crippen MR) is 72.8 cm³/mol. The standard InChI is InChI=1S/C14H20N4/c1-3-7-14(8-9-14)10-15-13-16-12-6-4-5-11(2)18(12)17-13/h4-6H,3,7-10H2,1-2H3,(H,15,17). The topological polar surface area (TPSA) is 42.2 Å². The molecule has 1 aliphatic rings. The fraction of sp³-hybridized carbons (Fsp3) is 0.571. The number of fused-ring (bicyclic) bond motifs is 1. The van der Waals surface area contributed by atoms with Crippen LogP contribution >= 0.6 is 0 Å². The molecule has 2 aromatic rings. The number of aryl methyl sites for hydroxylation is 1. The van der Waals surface area contributed by atoms with E-state index in [2.05, 4.69) is 22.3 Å². The molecule has 1 aliphatic carbocycles. The number of anilines is 1. The summed E-state index contributed by atoms with van der Waals surface area (Å²) in [4.78, 5) is 4.51. The molecule has 1 fully saturated rings. The summed E-state index contributed by atoms with van der Waals surface area (Å²) in [6.07, 6.45) is 5.27. The van der Waals surface area contributed by atoms with Gasteiger partial charge in [-0.2, -0.15) is 4.98 Å². The fourth-order valence-corrected chi connectivity index (χ4v) is 2.60. The first kappa shape index (κ1) is 11.5. The van der Waals surface area contributed by atoms with Crippen molar-refractivity contribution in [3.05, 3.63) is 23.9 Å². The maximum Gasteiger partial charge on any atom is 0.243 e. The van der Waals surface area contributed by atoms with Crippen LogP contribution in [0.3, 0.4) is 0 Å². The highest BCUT2D eigenvalue weighted by Gasteiger charge is 2.41. The second kappa shape index (κ2) is 4.26. The Bertz CT molecular complexity index is 554. The van der Waals surface area contributed by atoms with Crippen LogP contribution in [0.2, 0.25) is 0 Å². The van der Waals surface area contributed by atoms with Crippen molar-refractivity contribution in [1.82, 2.24) is 14.6 Å². The van der Waals surface area contributed by atoms with E-state index in [1.165, 1.54) is 25.7 Å². The maximum atomic E-state index is 4.51. The number of rotatable bonds is 5. The average Bonchev–Trinajstić information content (AvgIpc) is 2.98. The monoisotopic (exact) mass is 244 g/mol. The summed E-state index contributed by atoms with van der Waals surface area (Å²) in [5.74, 6) is 0.756. The molecule has 2 aromatic heterocycles. The van der Waals surface area contributed by atoms with E-state index >= 15 is 0 Å². The van der Waals surface area contributed by atoms with Crippen molar-refractivity contribution in [2.24, 2.45) is 5.41 Å². The number of pyridine rings is 1. The molecule has 18 heavy (non-hydrogen) atoms. The molecule has 0 radical (unpaired) electrons. The lowest BCUT2D eigenvalue weighted by Gasteiger charge is -2.13. The number of hydrogen-bond acceptors (Lipinski definition) is 3. The Kier molecular flexibility index (Phi) is 2.73. The second-order valence-electron chi connectivity index (χ2n) is 5.48. The summed E-state index contributed by atoms with van der Waals surface area (Å²) in [5.41, 5.74) is 2.56. The van der Waals surface area contributed by atoms with Gasteiger partial charge in [-0.3, -0.25) is 0 Å². The highest BCUT2D eigenvalue weighted by molar-refractivity contribution is 5.44. The molecule has 0 aliphatic heterocycles. The summed E-state index contributed by atoms with van der Waals surface area (Å²) in [7, 11) is 0. The van der Waals surface area contributed by atoms with E-state index in [0.29, 0.717) is 5.41 Å². The van der Waals surface area contributed by atoms with Gasteiger partial charge in [-0.25, -0.2) is 4.52 Å². The minimum absolute atomic E-state index is 0.529. The third-order valence-corrected chi connectivity index (χ3v) is 3.91. The number of nitrogens with one attached hydrogen (secondary N) is 1. The smallest absolute Gasteiger partial charge is 0.243 e. The molecule has 4 heteroatoms. The SMILES string of the molecule is CCCC1(CNc2nc3cccc(C)n3n2)CC1. The van der Waals surface area contributed by atoms with E-state index < -0.39 is 0 Å². The van der Waals surface area contributed by atoms with Crippen molar-refractivity contribution < 1.29 is 0 Å². The van der Waals surface area contributed by atoms with E-state index in [1.54, 1.807) is 0 Å². The van der Waals surface area contributed by atoms with Crippen LogP contribution in [0.5, 0.6) is 0 Å². The lowest BCUT2D eigenvalue weighted by Crippen LogP contribution is -2.16. The van der Waals surface area contributed by atoms with Gasteiger partial charge in [0.15, 0.2) is 5.65 Å². The minimum Gasteiger partial charge on any atom is -0.352 e. The molecule has 1 N–H and O–H groups in total. The molecule has 96 valence electrons. The van der Waals surface area contributed by atoms with E-state index in [0.717, 1.165) is 23.8 Å². The van der Waals surface area contributed by atoms with Crippen LogP contribution < -0.4 is 5.32 Å². The van der Waals surface area contributed by atoms with Crippen LogP contribution in [0, 0.1) is 12.3 Å². The molecule has 0 bridgehead atoms. The van der Waals surface area contributed by atoms with E-state index in [4.69, 9.17) is 0 Å². The summed E-state index contributed by atoms with van der Waals surface area (Å²) in [6, 6.07) is 6.05. The van der Waals surface area contributed by atoms with Gasteiger partial charge in [-0.15, -0.1) is 5.10 Å². The van der Waals surface area contributed by atoms with Gasteiger partial charge in [0.25, 0.3) is 0 Å². The van der Waals surface area contributed by atoms with E-state index in [9.17, 15) is 0 Å². The summed E-state index contributed by atoms with van der Waals surface area (Å²) >= 11 is 0. The molecular formula is C14H20N4. The molecule has 0 spiro atoms. The molecule has 3 rings (SSSR count). The molecule has 2 heterocycles. The minimum atomic E-state index is 0.529. The quantitative estimate of drug-likeness (QED) is 0.879. The van der Waals surface area contributed by atoms with Gasteiger partial charge in [0.2, 0.25) is 5.95 Å². The number of hydrogen-bond donors (Lipinski definition) is 1. The third kappa shape index (κ3) is 2.07. The molecule has 0 saturated heterocycles. The Morgan fingerprint density at radius 2 is 2.22 bits per heavy atom. The van der Waals surface area contributed by atoms with Crippen LogP contribution in [0.25, 0.3) is 5.65 Å². The van der Waals surface area contributed by atoms with Crippen LogP contribution in [-0.4, -0.2) is 21.1 Å². The largest absolute Gasteiger partial charge is 0.352 e. The molecule has 0 aromatic carbocycles. The molecule has 4 nitrogen and oxygen atoms in total. The molecule has 0 amide bonds. The molecule has 0 unspecified atom stereocenters. The summed E-state index contributed by atoms with van der Waals surface area (Å²) in [6.45, 7) is 5.31. The zero-order valence-corrected chi connectivity index (χ0v) is 11.1. The van der Waals surface area contributed by atoms with Crippen LogP contribution in [0.1, 0.15) is 38.3 Å². The van der Waals surface area contributed by atoms with Crippen molar-refractivity contribution in [2.45, 2.75) is 39.5 Å². The maximum absolute atomic E-state index is 4.51. The Morgan fingerprint density at radius 3 is 2.89 bits per heavy atom. The third-order valence-electron chi connectivity index (χ3n) is 3.91. The first-order chi connectivity index (χ1) is 8.72. The summed E-state index contributed by atoms with van der Waals surface area (Å²) in [5, 5.41) is 7.90. The second-order valence-corrected chi connectivity index (χ2v) is 5.48. The van der Waals surface area contributed by atoms with Crippen molar-refractivity contribution >= 4 is 11.6 Å². The Morgan fingerprint density at radius 1 is 1.39 bits per heavy atom. The van der Waals surface area contributed by atoms with Gasteiger partial charge < -0.3 is 5.32 Å². The van der Waals surface area contributed by atoms with Crippen molar-refractivity contribution in [3.8, 4) is 0 Å². The normalized spacial score (nSPS) is 17.0. The van der Waals surface area contributed by atoms with Gasteiger partial charge in [0, 0.05) is 12.2 Å². The van der Waals surface area contributed by atoms with Gasteiger partial charge in [-0.1, -0.05) is 19.4 Å². The molecule has 1 saturated carbocycles. The van der Waals surface area contributed by atoms with Gasteiger partial charge in [0.05, 0.1) is 0 Å². The van der Waals surface area contributed by atoms with Crippen molar-refractivity contribution in [2.75, 3.05) is 11.9 Å².